The van der Waals surface area contributed by atoms with E-state index in [1.165, 1.54) is 107 Å². The highest BCUT2D eigenvalue weighted by Gasteiger charge is 2.28. The lowest BCUT2D eigenvalue weighted by Crippen LogP contribution is -2.26. The van der Waals surface area contributed by atoms with Gasteiger partial charge in [0.25, 0.3) is 22.2 Å². The van der Waals surface area contributed by atoms with Crippen LogP contribution in [0.3, 0.4) is 0 Å². The molecule has 0 aliphatic rings. The van der Waals surface area contributed by atoms with Gasteiger partial charge in [0, 0.05) is 18.1 Å². The number of benzene rings is 3. The van der Waals surface area contributed by atoms with E-state index < -0.39 is 17.5 Å². The van der Waals surface area contributed by atoms with Crippen LogP contribution >= 0.6 is 111 Å². The zero-order valence-corrected chi connectivity index (χ0v) is 72.0. The van der Waals surface area contributed by atoms with Gasteiger partial charge in [0.15, 0.2) is 27.7 Å². The number of nitrogen functional groups attached to an aromatic ring is 4. The number of rotatable bonds is 12. The number of nitrogens with zero attached hydrogens (tertiary/aromatic N) is 24. The lowest BCUT2D eigenvalue weighted by atomic mass is 10.2. The van der Waals surface area contributed by atoms with Gasteiger partial charge in [0.05, 0.1) is 54.8 Å². The number of anilines is 4. The Morgan fingerprint density at radius 1 is 0.383 bits per heavy atom. The van der Waals surface area contributed by atoms with E-state index in [1.807, 2.05) is 68.3 Å². The summed E-state index contributed by atoms with van der Waals surface area (Å²) in [5.74, 6) is 1.27. The molecule has 0 unspecified atom stereocenters. The van der Waals surface area contributed by atoms with Crippen LogP contribution < -0.4 is 45.2 Å². The zero-order valence-electron chi connectivity index (χ0n) is 62.6. The first kappa shape index (κ1) is 79.9. The predicted octanol–water partition coefficient (Wildman–Crippen LogP) is 13.6. The molecular formula is C77H55Br2ClF3IN28O4S4. The first-order valence-corrected chi connectivity index (χ1v) is 42.2. The van der Waals surface area contributed by atoms with Gasteiger partial charge < -0.3 is 22.9 Å². The van der Waals surface area contributed by atoms with Crippen molar-refractivity contribution in [2.45, 2.75) is 60.8 Å². The lowest BCUT2D eigenvalue weighted by molar-refractivity contribution is 0.599. The first-order valence-electron chi connectivity index (χ1n) is 35.6. The molecule has 0 aliphatic carbocycles. The van der Waals surface area contributed by atoms with E-state index in [-0.39, 0.29) is 88.1 Å². The number of halogens is 7. The SMILES string of the molecule is Cc1cccnc1-n1c(Cn2nc(Br)c3c(N)ccnc32)nc2scc(C)c2c1=O.Cc1csc2nc(Cn3nc(Br)c4c(N)ncnc43)n(-c3ccccc3F)c(=O)c12.Cc1csc2nc(Cn3nc(Cl)c4c(N)ncnc43)n(-c3ccccc3F)c(=O)c12.Cc1csc2nc(Cn3nc(I)c4c(N)ncnc43)n(-c3ccccc3F)c(=O)c12. The number of hydrogen-bond acceptors (Lipinski definition) is 28. The fourth-order valence-electron chi connectivity index (χ4n) is 13.7. The summed E-state index contributed by atoms with van der Waals surface area (Å²) >= 11 is 20.7. The summed E-state index contributed by atoms with van der Waals surface area (Å²) in [7, 11) is 0. The highest BCUT2D eigenvalue weighted by molar-refractivity contribution is 14.1. The van der Waals surface area contributed by atoms with E-state index in [2.05, 4.69) is 130 Å². The van der Waals surface area contributed by atoms with Crippen LogP contribution in [0.1, 0.15) is 51.1 Å². The van der Waals surface area contributed by atoms with Crippen molar-refractivity contribution in [1.29, 1.82) is 0 Å². The van der Waals surface area contributed by atoms with Gasteiger partial charge in [-0.25, -0.2) is 96.3 Å². The van der Waals surface area contributed by atoms with Crippen LogP contribution in [0.2, 0.25) is 5.15 Å². The number of nitrogens with two attached hydrogens (primary N) is 4. The average Bonchev–Trinajstić information content (AvgIpc) is 1.60. The molecule has 0 aliphatic heterocycles. The third kappa shape index (κ3) is 14.3. The van der Waals surface area contributed by atoms with Crippen LogP contribution in [0.25, 0.3) is 108 Å². The molecule has 120 heavy (non-hydrogen) atoms. The number of hydrogen-bond donors (Lipinski definition) is 4. The van der Waals surface area contributed by atoms with Crippen LogP contribution in [0.4, 0.5) is 36.3 Å². The fraction of sp³-hybridized carbons (Fsp3) is 0.117. The van der Waals surface area contributed by atoms with E-state index in [0.717, 1.165) is 33.2 Å². The van der Waals surface area contributed by atoms with Gasteiger partial charge >= 0.3 is 0 Å². The van der Waals surface area contributed by atoms with Crippen molar-refractivity contribution >= 4 is 220 Å². The minimum atomic E-state index is -0.537. The zero-order chi connectivity index (χ0) is 84.0. The second-order valence-corrected chi connectivity index (χ2v) is 33.1. The molecule has 0 saturated heterocycles. The molecule has 17 heterocycles. The molecule has 0 fully saturated rings. The molecule has 0 atom stereocenters. The third-order valence-corrected chi connectivity index (χ3v) is 25.3. The number of aryl methyl sites for hydroxylation is 5. The Labute approximate surface area is 722 Å². The van der Waals surface area contributed by atoms with Gasteiger partial charge in [-0.05, 0) is 187 Å². The average molecular weight is 1940 g/mol. The molecular weight excluding hydrogens is 1890 g/mol. The van der Waals surface area contributed by atoms with E-state index in [0.29, 0.717) is 127 Å². The maximum absolute atomic E-state index is 14.7. The second kappa shape index (κ2) is 32.3. The van der Waals surface area contributed by atoms with Gasteiger partial charge in [-0.3, -0.25) is 32.9 Å². The first-order chi connectivity index (χ1) is 57.8. The van der Waals surface area contributed by atoms with Crippen LogP contribution in [-0.2, 0) is 26.2 Å². The Morgan fingerprint density at radius 3 is 1.16 bits per heavy atom. The molecule has 600 valence electrons. The lowest BCUT2D eigenvalue weighted by Gasteiger charge is -2.14. The van der Waals surface area contributed by atoms with E-state index in [9.17, 15) is 32.3 Å². The topological polar surface area (TPSA) is 418 Å². The van der Waals surface area contributed by atoms with Crippen LogP contribution in [0.5, 0.6) is 0 Å². The van der Waals surface area contributed by atoms with Gasteiger partial charge in [-0.1, -0.05) is 54.1 Å². The monoisotopic (exact) mass is 1940 g/mol. The Morgan fingerprint density at radius 2 is 0.733 bits per heavy atom. The Kier molecular flexibility index (Phi) is 21.5. The molecule has 0 saturated carbocycles. The van der Waals surface area contributed by atoms with E-state index >= 15 is 0 Å². The number of aromatic nitrogens is 24. The molecule has 17 aromatic heterocycles. The van der Waals surface area contributed by atoms with Crippen molar-refractivity contribution in [3.8, 4) is 22.9 Å². The normalized spacial score (nSPS) is 11.6. The smallest absolute Gasteiger partial charge is 0.268 e. The highest BCUT2D eigenvalue weighted by atomic mass is 127. The van der Waals surface area contributed by atoms with Crippen molar-refractivity contribution in [2.75, 3.05) is 22.9 Å². The molecule has 32 nitrogen and oxygen atoms in total. The molecule has 3 aromatic carbocycles. The molecule has 20 aromatic rings. The summed E-state index contributed by atoms with van der Waals surface area (Å²) in [5.41, 5.74) is 29.9. The van der Waals surface area contributed by atoms with E-state index in [1.54, 1.807) is 85.6 Å². The third-order valence-electron chi connectivity index (χ3n) is 19.3. The molecule has 0 amide bonds. The van der Waals surface area contributed by atoms with Crippen LogP contribution in [0.15, 0.2) is 172 Å². The Balaban J connectivity index is 0.000000114. The van der Waals surface area contributed by atoms with Gasteiger partial charge in [0.2, 0.25) is 0 Å². The number of para-hydroxylation sites is 3. The summed E-state index contributed by atoms with van der Waals surface area (Å²) in [4.78, 5) is 108. The maximum Gasteiger partial charge on any atom is 0.268 e. The predicted molar refractivity (Wildman–Crippen MR) is 473 cm³/mol. The Bertz CT molecular complexity index is 6940. The van der Waals surface area contributed by atoms with Crippen molar-refractivity contribution < 1.29 is 13.2 Å². The summed E-state index contributed by atoms with van der Waals surface area (Å²) in [6.45, 7) is 9.79. The minimum absolute atomic E-state index is 0.0239. The molecule has 8 N–H and O–H groups in total. The van der Waals surface area contributed by atoms with E-state index in [4.69, 9.17) is 39.5 Å². The molecule has 0 spiro atoms. The maximum atomic E-state index is 14.7. The summed E-state index contributed by atoms with van der Waals surface area (Å²) in [5, 5.41) is 29.8. The highest BCUT2D eigenvalue weighted by Crippen LogP contribution is 2.34. The Hall–Kier alpha value is -12.6. The van der Waals surface area contributed by atoms with Gasteiger partial charge in [-0.2, -0.15) is 20.4 Å². The van der Waals surface area contributed by atoms with Gasteiger partial charge in [0.1, 0.15) is 147 Å². The van der Waals surface area contributed by atoms with Crippen LogP contribution in [-0.4, -0.2) is 117 Å². The molecule has 43 heteroatoms. The standard InChI is InChI=1S/C20H16BrN7OS.C19H13BrFN7OS.C19H13ClFN7OS.C19H13FIN7OS/c1-10-4-3-6-23-17(10)28-13(25-19-14(20(28)29)11(2)9-30-19)8-27-18-15(16(21)26-27)12(22)5-7-24-18;2*1-9-7-30-18-13(9)19(29)28(11-5-3-2-4-10(11)21)12(25-18)6-27-17-14(15(20)26-27)16(22)23-8-24-17;1-9-7-30-18-13(9)19(29)28(11-5-3-2-4-10(11)20)12(25-18)6-27-17-14(15(21)26-27)16(22)23-8-24-17/h3-7,9H,8H2,1-2H3,(H2,22,24);3*2-5,7-8H,6H2,1H3,(H2,22,23,24). The van der Waals surface area contributed by atoms with Crippen LogP contribution in [0, 0.1) is 55.8 Å². The second-order valence-electron chi connectivity index (χ2n) is 26.8. The summed E-state index contributed by atoms with van der Waals surface area (Å²) in [6, 6.07) is 23.8. The largest absolute Gasteiger partial charge is 0.398 e. The summed E-state index contributed by atoms with van der Waals surface area (Å²) in [6.07, 6.45) is 7.30. The van der Waals surface area contributed by atoms with Crippen molar-refractivity contribution in [1.82, 2.24) is 117 Å². The van der Waals surface area contributed by atoms with Gasteiger partial charge in [-0.15, -0.1) is 45.3 Å². The number of pyridine rings is 2. The molecule has 0 radical (unpaired) electrons. The minimum Gasteiger partial charge on any atom is -0.398 e. The fourth-order valence-corrected chi connectivity index (χ4v) is 19.6. The quantitative estimate of drug-likeness (QED) is 0.0825. The summed E-state index contributed by atoms with van der Waals surface area (Å²) < 4.78 is 57.4. The molecule has 0 bridgehead atoms. The van der Waals surface area contributed by atoms with Crippen molar-refractivity contribution in [3.05, 3.63) is 272 Å². The molecule has 20 rings (SSSR count). The van der Waals surface area contributed by atoms with Crippen molar-refractivity contribution in [2.24, 2.45) is 0 Å². The number of thiophene rings is 4. The number of fused-ring (bicyclic) bond motifs is 8. The van der Waals surface area contributed by atoms with Crippen molar-refractivity contribution in [3.63, 3.8) is 0 Å².